The zero-order valence-corrected chi connectivity index (χ0v) is 15.7. The second kappa shape index (κ2) is 8.79. The monoisotopic (exact) mass is 369 g/mol. The Balaban J connectivity index is 1.50. The van der Waals surface area contributed by atoms with E-state index in [-0.39, 0.29) is 6.10 Å². The third-order valence-corrected chi connectivity index (χ3v) is 4.67. The zero-order valence-electron chi connectivity index (χ0n) is 14.8. The lowest BCUT2D eigenvalue weighted by molar-refractivity contribution is 0.114. The van der Waals surface area contributed by atoms with Crippen molar-refractivity contribution < 1.29 is 4.74 Å². The highest BCUT2D eigenvalue weighted by molar-refractivity contribution is 7.80. The molecule has 3 N–H and O–H groups in total. The van der Waals surface area contributed by atoms with E-state index in [1.54, 1.807) is 0 Å². The van der Waals surface area contributed by atoms with Gasteiger partial charge in [0.25, 0.3) is 0 Å². The second-order valence-corrected chi connectivity index (χ2v) is 6.75. The first kappa shape index (κ1) is 18.4. The van der Waals surface area contributed by atoms with E-state index in [0.717, 1.165) is 42.5 Å². The van der Waals surface area contributed by atoms with E-state index in [1.807, 2.05) is 31.2 Å². The highest BCUT2D eigenvalue weighted by atomic mass is 32.1. The molecule has 3 rings (SSSR count). The van der Waals surface area contributed by atoms with E-state index in [0.29, 0.717) is 29.6 Å². The van der Waals surface area contributed by atoms with Gasteiger partial charge in [-0.15, -0.1) is 0 Å². The topological polar surface area (TPSA) is 82.0 Å². The molecule has 0 spiro atoms. The smallest absolute Gasteiger partial charge is 0.166 e. The van der Waals surface area contributed by atoms with E-state index >= 15 is 0 Å². The first-order chi connectivity index (χ1) is 12.7. The van der Waals surface area contributed by atoms with Crippen LogP contribution in [0.4, 0.5) is 5.82 Å². The van der Waals surface area contributed by atoms with Gasteiger partial charge in [0.2, 0.25) is 0 Å². The molecule has 0 aliphatic carbocycles. The highest BCUT2D eigenvalue weighted by Crippen LogP contribution is 2.22. The summed E-state index contributed by atoms with van der Waals surface area (Å²) >= 11 is 5.27. The van der Waals surface area contributed by atoms with Gasteiger partial charge in [-0.3, -0.25) is 0 Å². The fourth-order valence-corrected chi connectivity index (χ4v) is 3.18. The number of nitrogens with one attached hydrogen (secondary N) is 3. The third kappa shape index (κ3) is 4.59. The quantitative estimate of drug-likeness (QED) is 0.533. The minimum Gasteiger partial charge on any atom is -0.376 e. The number of rotatable bonds is 6. The van der Waals surface area contributed by atoms with Gasteiger partial charge in [-0.25, -0.2) is 4.98 Å². The molecule has 6 nitrogen and oxygen atoms in total. The summed E-state index contributed by atoms with van der Waals surface area (Å²) in [6, 6.07) is 10.0. The number of hydrogen-bond donors (Lipinski definition) is 3. The van der Waals surface area contributed by atoms with Crippen LogP contribution < -0.4 is 16.0 Å². The van der Waals surface area contributed by atoms with Crippen molar-refractivity contribution in [2.24, 2.45) is 0 Å². The number of thiocarbonyl (C=S) groups is 1. The molecule has 0 radical (unpaired) electrons. The Morgan fingerprint density at radius 1 is 1.38 bits per heavy atom. The van der Waals surface area contributed by atoms with Crippen LogP contribution in [0.15, 0.2) is 24.3 Å². The van der Waals surface area contributed by atoms with Crippen molar-refractivity contribution in [2.45, 2.75) is 25.9 Å². The van der Waals surface area contributed by atoms with Gasteiger partial charge in [-0.05, 0) is 43.6 Å². The molecule has 1 fully saturated rings. The summed E-state index contributed by atoms with van der Waals surface area (Å²) in [5.41, 5.74) is 2.55. The number of hydrogen-bond acceptors (Lipinski definition) is 5. The van der Waals surface area contributed by atoms with Gasteiger partial charge in [0.05, 0.1) is 17.2 Å². The molecule has 1 aromatic carbocycles. The van der Waals surface area contributed by atoms with E-state index < -0.39 is 0 Å². The molecule has 7 heteroatoms. The molecule has 1 aliphatic rings. The maximum absolute atomic E-state index is 9.38. The number of para-hydroxylation sites is 1. The molecule has 0 saturated carbocycles. The number of aryl methyl sites for hydroxylation is 1. The fraction of sp³-hybridized carbons (Fsp3) is 0.421. The molecule has 2 aromatic rings. The average Bonchev–Trinajstić information content (AvgIpc) is 3.17. The van der Waals surface area contributed by atoms with Crippen LogP contribution in [0.2, 0.25) is 0 Å². The standard InChI is InChI=1S/C19H23N5OS/c1-13-4-2-5-14-10-15(11-20)18(24-17(13)14)21-7-8-22-19(26)23-12-16-6-3-9-25-16/h2,4-5,10,16H,3,6-9,12H2,1H3,(H,21,24)(H2,22,23,26). The second-order valence-electron chi connectivity index (χ2n) is 6.34. The Labute approximate surface area is 158 Å². The van der Waals surface area contributed by atoms with Crippen LogP contribution in [0.1, 0.15) is 24.0 Å². The van der Waals surface area contributed by atoms with Gasteiger partial charge in [-0.2, -0.15) is 5.26 Å². The Morgan fingerprint density at radius 2 is 2.27 bits per heavy atom. The Morgan fingerprint density at radius 3 is 3.04 bits per heavy atom. The number of nitriles is 1. The van der Waals surface area contributed by atoms with Gasteiger partial charge in [-0.1, -0.05) is 18.2 Å². The van der Waals surface area contributed by atoms with Crippen molar-refractivity contribution in [1.29, 1.82) is 5.26 Å². The van der Waals surface area contributed by atoms with Crippen LogP contribution in [0.5, 0.6) is 0 Å². The third-order valence-electron chi connectivity index (χ3n) is 4.39. The Kier molecular flexibility index (Phi) is 6.21. The molecule has 0 bridgehead atoms. The lowest BCUT2D eigenvalue weighted by Gasteiger charge is -2.14. The van der Waals surface area contributed by atoms with Gasteiger partial charge in [0.1, 0.15) is 11.9 Å². The molecule has 1 aromatic heterocycles. The number of anilines is 1. The van der Waals surface area contributed by atoms with Gasteiger partial charge in [0, 0.05) is 31.6 Å². The van der Waals surface area contributed by atoms with E-state index in [4.69, 9.17) is 17.0 Å². The van der Waals surface area contributed by atoms with Crippen molar-refractivity contribution in [1.82, 2.24) is 15.6 Å². The number of fused-ring (bicyclic) bond motifs is 1. The number of ether oxygens (including phenoxy) is 1. The average molecular weight is 369 g/mol. The van der Waals surface area contributed by atoms with Crippen molar-refractivity contribution in [3.8, 4) is 6.07 Å². The van der Waals surface area contributed by atoms with Crippen LogP contribution in [0, 0.1) is 18.3 Å². The summed E-state index contributed by atoms with van der Waals surface area (Å²) in [6.45, 7) is 4.85. The maximum atomic E-state index is 9.38. The van der Waals surface area contributed by atoms with Crippen molar-refractivity contribution in [3.05, 3.63) is 35.4 Å². The minimum absolute atomic E-state index is 0.260. The summed E-state index contributed by atoms with van der Waals surface area (Å²) in [6.07, 6.45) is 2.47. The summed E-state index contributed by atoms with van der Waals surface area (Å²) in [5.74, 6) is 0.606. The number of pyridine rings is 1. The molecular formula is C19H23N5OS. The number of aromatic nitrogens is 1. The van der Waals surface area contributed by atoms with Crippen LogP contribution in [0.3, 0.4) is 0 Å². The van der Waals surface area contributed by atoms with Crippen LogP contribution >= 0.6 is 12.2 Å². The SMILES string of the molecule is Cc1cccc2cc(C#N)c(NCCNC(=S)NCC3CCCO3)nc12. The van der Waals surface area contributed by atoms with Crippen molar-refractivity contribution in [2.75, 3.05) is 31.6 Å². The molecule has 1 unspecified atom stereocenters. The van der Waals surface area contributed by atoms with Gasteiger partial charge in [0.15, 0.2) is 5.11 Å². The van der Waals surface area contributed by atoms with E-state index in [9.17, 15) is 5.26 Å². The predicted octanol–water partition coefficient (Wildman–Crippen LogP) is 2.47. The van der Waals surface area contributed by atoms with Crippen LogP contribution in [-0.2, 0) is 4.74 Å². The van der Waals surface area contributed by atoms with E-state index in [1.165, 1.54) is 0 Å². The molecule has 26 heavy (non-hydrogen) atoms. The number of benzene rings is 1. The zero-order chi connectivity index (χ0) is 18.4. The molecule has 0 amide bonds. The lowest BCUT2D eigenvalue weighted by Crippen LogP contribution is -2.41. The predicted molar refractivity (Wildman–Crippen MR) is 107 cm³/mol. The Hall–Kier alpha value is -2.43. The summed E-state index contributed by atoms with van der Waals surface area (Å²) in [7, 11) is 0. The van der Waals surface area contributed by atoms with Crippen LogP contribution in [-0.4, -0.2) is 42.4 Å². The molecule has 1 aliphatic heterocycles. The maximum Gasteiger partial charge on any atom is 0.166 e. The normalized spacial score (nSPS) is 16.2. The summed E-state index contributed by atoms with van der Waals surface area (Å²) < 4.78 is 5.56. The molecule has 136 valence electrons. The first-order valence-corrected chi connectivity index (χ1v) is 9.26. The van der Waals surface area contributed by atoms with Crippen LogP contribution in [0.25, 0.3) is 10.9 Å². The van der Waals surface area contributed by atoms with Gasteiger partial charge >= 0.3 is 0 Å². The fourth-order valence-electron chi connectivity index (χ4n) is 3.00. The van der Waals surface area contributed by atoms with Gasteiger partial charge < -0.3 is 20.7 Å². The molecule has 2 heterocycles. The number of nitrogens with zero attached hydrogens (tertiary/aromatic N) is 2. The Bertz CT molecular complexity index is 827. The van der Waals surface area contributed by atoms with Crippen molar-refractivity contribution in [3.63, 3.8) is 0 Å². The summed E-state index contributed by atoms with van der Waals surface area (Å²) in [5, 5.41) is 20.5. The minimum atomic E-state index is 0.260. The molecule has 1 atom stereocenters. The van der Waals surface area contributed by atoms with E-state index in [2.05, 4.69) is 27.0 Å². The summed E-state index contributed by atoms with van der Waals surface area (Å²) in [4.78, 5) is 4.62. The lowest BCUT2D eigenvalue weighted by atomic mass is 10.1. The first-order valence-electron chi connectivity index (χ1n) is 8.85. The molecule has 1 saturated heterocycles. The highest BCUT2D eigenvalue weighted by Gasteiger charge is 2.15. The largest absolute Gasteiger partial charge is 0.376 e. The van der Waals surface area contributed by atoms with Crippen molar-refractivity contribution >= 4 is 34.1 Å². The molecular weight excluding hydrogens is 346 g/mol.